The van der Waals surface area contributed by atoms with Crippen molar-refractivity contribution in [3.63, 3.8) is 0 Å². The van der Waals surface area contributed by atoms with Gasteiger partial charge in [0.05, 0.1) is 6.61 Å². The molecule has 0 spiro atoms. The van der Waals surface area contributed by atoms with Crippen LogP contribution in [0.2, 0.25) is 0 Å². The van der Waals surface area contributed by atoms with Crippen molar-refractivity contribution in [3.8, 4) is 0 Å². The maximum atomic E-state index is 13.0. The molecule has 19 heavy (non-hydrogen) atoms. The summed E-state index contributed by atoms with van der Waals surface area (Å²) in [5, 5.41) is 10.8. The lowest BCUT2D eigenvalue weighted by atomic mass is 10.3. The van der Waals surface area contributed by atoms with E-state index < -0.39 is 24.4 Å². The van der Waals surface area contributed by atoms with Crippen LogP contribution in [0.3, 0.4) is 0 Å². The summed E-state index contributed by atoms with van der Waals surface area (Å²) in [5.74, 6) is -1.50. The highest BCUT2D eigenvalue weighted by Gasteiger charge is 2.10. The molecule has 0 heterocycles. The molecule has 2 N–H and O–H groups in total. The number of anilines is 1. The van der Waals surface area contributed by atoms with Gasteiger partial charge < -0.3 is 15.2 Å². The fraction of sp³-hybridized carbons (Fsp3) is 0.333. The third-order valence-electron chi connectivity index (χ3n) is 2.25. The van der Waals surface area contributed by atoms with Crippen molar-refractivity contribution in [1.82, 2.24) is 5.32 Å². The van der Waals surface area contributed by atoms with Gasteiger partial charge in [0, 0.05) is 19.3 Å². The summed E-state index contributed by atoms with van der Waals surface area (Å²) in [5.41, 5.74) is 0.420. The first-order valence-corrected chi connectivity index (χ1v) is 5.57. The van der Waals surface area contributed by atoms with E-state index in [4.69, 9.17) is 9.84 Å². The second-order valence-electron chi connectivity index (χ2n) is 3.72. The average Bonchev–Trinajstić information content (AvgIpc) is 2.36. The van der Waals surface area contributed by atoms with Crippen LogP contribution in [0.4, 0.5) is 14.9 Å². The average molecular weight is 270 g/mol. The van der Waals surface area contributed by atoms with Crippen LogP contribution in [0.5, 0.6) is 0 Å². The maximum absolute atomic E-state index is 13.0. The number of nitrogens with zero attached hydrogens (tertiary/aromatic N) is 1. The van der Waals surface area contributed by atoms with Crippen LogP contribution >= 0.6 is 0 Å². The highest BCUT2D eigenvalue weighted by atomic mass is 19.1. The third kappa shape index (κ3) is 5.35. The minimum atomic E-state index is -1.07. The van der Waals surface area contributed by atoms with Crippen LogP contribution in [0, 0.1) is 5.82 Å². The van der Waals surface area contributed by atoms with Crippen molar-refractivity contribution in [2.75, 3.05) is 31.7 Å². The number of benzene rings is 1. The van der Waals surface area contributed by atoms with Gasteiger partial charge in [0.15, 0.2) is 0 Å². The van der Waals surface area contributed by atoms with E-state index in [1.165, 1.54) is 30.1 Å². The number of aliphatic carboxylic acids is 1. The summed E-state index contributed by atoms with van der Waals surface area (Å²) in [6.45, 7) is -0.142. The molecule has 0 aromatic heterocycles. The summed E-state index contributed by atoms with van der Waals surface area (Å²) in [7, 11) is 1.50. The number of hydrogen-bond donors (Lipinski definition) is 2. The van der Waals surface area contributed by atoms with Crippen molar-refractivity contribution < 1.29 is 23.8 Å². The van der Waals surface area contributed by atoms with Gasteiger partial charge in [0.25, 0.3) is 0 Å². The predicted octanol–water partition coefficient (Wildman–Crippen LogP) is 1.07. The number of urea groups is 1. The number of carboxylic acids is 1. The SMILES string of the molecule is CN(C(=O)NCCOCC(=O)O)c1cccc(F)c1. The Balaban J connectivity index is 2.35. The van der Waals surface area contributed by atoms with E-state index in [9.17, 15) is 14.0 Å². The lowest BCUT2D eigenvalue weighted by Crippen LogP contribution is -2.39. The molecule has 0 atom stereocenters. The largest absolute Gasteiger partial charge is 0.480 e. The lowest BCUT2D eigenvalue weighted by molar-refractivity contribution is -0.142. The maximum Gasteiger partial charge on any atom is 0.329 e. The van der Waals surface area contributed by atoms with Gasteiger partial charge >= 0.3 is 12.0 Å². The fourth-order valence-electron chi connectivity index (χ4n) is 1.31. The molecule has 0 fully saturated rings. The molecule has 0 saturated carbocycles. The Hall–Kier alpha value is -2.15. The number of carbonyl (C=O) groups excluding carboxylic acids is 1. The van der Waals surface area contributed by atoms with Crippen LogP contribution in [-0.2, 0) is 9.53 Å². The van der Waals surface area contributed by atoms with Gasteiger partial charge in [-0.05, 0) is 18.2 Å². The highest BCUT2D eigenvalue weighted by molar-refractivity contribution is 5.91. The molecule has 7 heteroatoms. The van der Waals surface area contributed by atoms with Gasteiger partial charge in [-0.1, -0.05) is 6.07 Å². The number of rotatable bonds is 6. The number of carbonyl (C=O) groups is 2. The lowest BCUT2D eigenvalue weighted by Gasteiger charge is -2.18. The molecule has 0 aliphatic carbocycles. The van der Waals surface area contributed by atoms with E-state index in [1.807, 2.05) is 0 Å². The zero-order valence-electron chi connectivity index (χ0n) is 10.4. The van der Waals surface area contributed by atoms with Crippen LogP contribution < -0.4 is 10.2 Å². The number of nitrogens with one attached hydrogen (secondary N) is 1. The van der Waals surface area contributed by atoms with Gasteiger partial charge in [-0.25, -0.2) is 14.0 Å². The second-order valence-corrected chi connectivity index (χ2v) is 3.72. The summed E-state index contributed by atoms with van der Waals surface area (Å²) in [6, 6.07) is 5.20. The number of ether oxygens (including phenoxy) is 1. The Bertz CT molecular complexity index is 453. The minimum absolute atomic E-state index is 0.0923. The molecule has 1 aromatic carbocycles. The van der Waals surface area contributed by atoms with Crippen molar-refractivity contribution in [3.05, 3.63) is 30.1 Å². The Morgan fingerprint density at radius 2 is 2.21 bits per heavy atom. The highest BCUT2D eigenvalue weighted by Crippen LogP contribution is 2.13. The molecule has 104 valence electrons. The van der Waals surface area contributed by atoms with Crippen molar-refractivity contribution in [2.24, 2.45) is 0 Å². The van der Waals surface area contributed by atoms with Crippen molar-refractivity contribution in [1.29, 1.82) is 0 Å². The molecule has 1 rings (SSSR count). The van der Waals surface area contributed by atoms with Crippen LogP contribution in [-0.4, -0.2) is 43.9 Å². The summed E-state index contributed by atoms with van der Waals surface area (Å²) in [6.07, 6.45) is 0. The van der Waals surface area contributed by atoms with E-state index in [2.05, 4.69) is 5.32 Å². The normalized spacial score (nSPS) is 10.0. The van der Waals surface area contributed by atoms with Crippen LogP contribution in [0.1, 0.15) is 0 Å². The van der Waals surface area contributed by atoms with Gasteiger partial charge in [-0.3, -0.25) is 4.90 Å². The quantitative estimate of drug-likeness (QED) is 0.758. The van der Waals surface area contributed by atoms with E-state index in [1.54, 1.807) is 6.07 Å². The third-order valence-corrected chi connectivity index (χ3v) is 2.25. The molecule has 0 saturated heterocycles. The first-order chi connectivity index (χ1) is 9.00. The first-order valence-electron chi connectivity index (χ1n) is 5.57. The smallest absolute Gasteiger partial charge is 0.329 e. The topological polar surface area (TPSA) is 78.9 Å². The fourth-order valence-corrected chi connectivity index (χ4v) is 1.31. The Kier molecular flexibility index (Phi) is 5.74. The number of carboxylic acid groups (broad SMARTS) is 1. The molecule has 2 amide bonds. The zero-order chi connectivity index (χ0) is 14.3. The molecule has 0 aliphatic rings. The van der Waals surface area contributed by atoms with E-state index in [0.717, 1.165) is 0 Å². The molecular weight excluding hydrogens is 255 g/mol. The Morgan fingerprint density at radius 3 is 2.84 bits per heavy atom. The van der Waals surface area contributed by atoms with Crippen LogP contribution in [0.25, 0.3) is 0 Å². The minimum Gasteiger partial charge on any atom is -0.480 e. The molecule has 0 unspecified atom stereocenters. The Labute approximate surface area is 109 Å². The molecule has 0 aliphatic heterocycles. The van der Waals surface area contributed by atoms with E-state index >= 15 is 0 Å². The molecule has 0 radical (unpaired) electrons. The monoisotopic (exact) mass is 270 g/mol. The molecule has 1 aromatic rings. The first kappa shape index (κ1) is 14.9. The van der Waals surface area contributed by atoms with Gasteiger partial charge in [-0.2, -0.15) is 0 Å². The zero-order valence-corrected chi connectivity index (χ0v) is 10.4. The van der Waals surface area contributed by atoms with E-state index in [-0.39, 0.29) is 13.2 Å². The van der Waals surface area contributed by atoms with Crippen LogP contribution in [0.15, 0.2) is 24.3 Å². The van der Waals surface area contributed by atoms with Crippen molar-refractivity contribution >= 4 is 17.7 Å². The van der Waals surface area contributed by atoms with Gasteiger partial charge in [0.1, 0.15) is 12.4 Å². The Morgan fingerprint density at radius 1 is 1.47 bits per heavy atom. The summed E-state index contributed by atoms with van der Waals surface area (Å²) >= 11 is 0. The molecular formula is C12H15FN2O4. The van der Waals surface area contributed by atoms with Crippen molar-refractivity contribution in [2.45, 2.75) is 0 Å². The summed E-state index contributed by atoms with van der Waals surface area (Å²) in [4.78, 5) is 23.1. The number of halogens is 1. The van der Waals surface area contributed by atoms with Gasteiger partial charge in [-0.15, -0.1) is 0 Å². The van der Waals surface area contributed by atoms with E-state index in [0.29, 0.717) is 5.69 Å². The van der Waals surface area contributed by atoms with Gasteiger partial charge in [0.2, 0.25) is 0 Å². The molecule has 6 nitrogen and oxygen atoms in total. The molecule has 0 bridgehead atoms. The standard InChI is InChI=1S/C12H15FN2O4/c1-15(10-4-2-3-9(13)7-10)12(18)14-5-6-19-8-11(16)17/h2-4,7H,5-6,8H2,1H3,(H,14,18)(H,16,17). The number of hydrogen-bond acceptors (Lipinski definition) is 3. The second kappa shape index (κ2) is 7.32. The number of amides is 2. The summed E-state index contributed by atoms with van der Waals surface area (Å²) < 4.78 is 17.7. The predicted molar refractivity (Wildman–Crippen MR) is 66.7 cm³/mol.